The Hall–Kier alpha value is -4.32. The number of aromatic hydroxyl groups is 2. The van der Waals surface area contributed by atoms with E-state index in [1.807, 2.05) is 78.9 Å². The van der Waals surface area contributed by atoms with Crippen molar-refractivity contribution in [3.8, 4) is 11.5 Å². The van der Waals surface area contributed by atoms with Gasteiger partial charge in [0.2, 0.25) is 0 Å². The minimum atomic E-state index is -0.671. The number of esters is 1. The van der Waals surface area contributed by atoms with Gasteiger partial charge in [0.25, 0.3) is 0 Å². The summed E-state index contributed by atoms with van der Waals surface area (Å²) in [5.74, 6) is -1.18. The number of phenolic OH excluding ortho intramolecular Hbond substituents is 2. The number of ether oxygens (including phenoxy) is 1. The molecule has 0 aliphatic carbocycles. The Labute approximate surface area is 210 Å². The van der Waals surface area contributed by atoms with Crippen molar-refractivity contribution in [2.45, 2.75) is 38.4 Å². The first-order valence-corrected chi connectivity index (χ1v) is 11.9. The van der Waals surface area contributed by atoms with Crippen LogP contribution in [0.25, 0.3) is 0 Å². The summed E-state index contributed by atoms with van der Waals surface area (Å²) in [5.41, 5.74) is 2.77. The number of carbonyl (C=O) groups excluding carboxylic acids is 1. The molecule has 1 atom stereocenters. The van der Waals surface area contributed by atoms with Crippen LogP contribution in [0, 0.1) is 0 Å². The van der Waals surface area contributed by atoms with Gasteiger partial charge in [0, 0.05) is 18.9 Å². The van der Waals surface area contributed by atoms with Crippen LogP contribution in [0.1, 0.15) is 52.4 Å². The fourth-order valence-electron chi connectivity index (χ4n) is 3.98. The molecule has 0 saturated carbocycles. The minimum absolute atomic E-state index is 0.000991. The van der Waals surface area contributed by atoms with E-state index >= 15 is 0 Å². The largest absolute Gasteiger partial charge is 0.508 e. The minimum Gasteiger partial charge on any atom is -0.508 e. The van der Waals surface area contributed by atoms with Gasteiger partial charge in [-0.15, -0.1) is 0 Å². The zero-order valence-electron chi connectivity index (χ0n) is 19.9. The van der Waals surface area contributed by atoms with E-state index in [0.717, 1.165) is 30.0 Å². The zero-order valence-corrected chi connectivity index (χ0v) is 19.9. The van der Waals surface area contributed by atoms with Gasteiger partial charge in [-0.05, 0) is 41.7 Å². The third-order valence-corrected chi connectivity index (χ3v) is 5.76. The van der Waals surface area contributed by atoms with Crippen LogP contribution in [-0.2, 0) is 22.6 Å². The molecule has 3 aromatic carbocycles. The highest BCUT2D eigenvalue weighted by Gasteiger charge is 2.24. The van der Waals surface area contributed by atoms with Crippen LogP contribution in [0.2, 0.25) is 0 Å². The van der Waals surface area contributed by atoms with Gasteiger partial charge in [-0.3, -0.25) is 0 Å². The van der Waals surface area contributed by atoms with Gasteiger partial charge in [-0.25, -0.2) is 4.79 Å². The van der Waals surface area contributed by atoms with Crippen LogP contribution >= 0.6 is 0 Å². The zero-order chi connectivity index (χ0) is 25.2. The number of hydrogen-bond donors (Lipinski definition) is 2. The average Bonchev–Trinajstić information content (AvgIpc) is 2.87. The molecule has 1 heterocycles. The molecule has 0 fully saturated rings. The molecule has 1 aliphatic heterocycles. The van der Waals surface area contributed by atoms with E-state index in [-0.39, 0.29) is 23.5 Å². The highest BCUT2D eigenvalue weighted by molar-refractivity contribution is 6.00. The second-order valence-electron chi connectivity index (χ2n) is 8.51. The summed E-state index contributed by atoms with van der Waals surface area (Å²) in [6.45, 7) is 0.292. The Balaban J connectivity index is 1.66. The maximum absolute atomic E-state index is 13.3. The molecule has 36 heavy (non-hydrogen) atoms. The van der Waals surface area contributed by atoms with E-state index in [1.165, 1.54) is 6.07 Å². The number of hydrogen-bond acceptors (Lipinski definition) is 6. The van der Waals surface area contributed by atoms with Gasteiger partial charge in [0.1, 0.15) is 29.8 Å². The predicted octanol–water partition coefficient (Wildman–Crippen LogP) is 6.41. The summed E-state index contributed by atoms with van der Waals surface area (Å²) >= 11 is 0. The van der Waals surface area contributed by atoms with E-state index in [1.54, 1.807) is 0 Å². The number of fused-ring (bicyclic) bond motifs is 1. The normalized spacial score (nSPS) is 17.7. The predicted molar refractivity (Wildman–Crippen MR) is 139 cm³/mol. The first kappa shape index (κ1) is 24.8. The molecule has 4 rings (SSSR count). The lowest BCUT2D eigenvalue weighted by Crippen LogP contribution is -2.15. The maximum Gasteiger partial charge on any atom is 0.342 e. The number of benzene rings is 3. The highest BCUT2D eigenvalue weighted by atomic mass is 16.6. The SMILES string of the molecule is O=C1O[C@H](c2ccccc2)CC=CCCC=CC(=NOCc2ccccc2)Cc2cc(O)cc(O)c21. The third kappa shape index (κ3) is 6.85. The molecule has 0 spiro atoms. The van der Waals surface area contributed by atoms with Crippen LogP contribution in [0.3, 0.4) is 0 Å². The number of oxime groups is 1. The van der Waals surface area contributed by atoms with E-state index < -0.39 is 12.1 Å². The third-order valence-electron chi connectivity index (χ3n) is 5.76. The molecule has 6 heteroatoms. The van der Waals surface area contributed by atoms with Gasteiger partial charge >= 0.3 is 5.97 Å². The van der Waals surface area contributed by atoms with Gasteiger partial charge < -0.3 is 19.8 Å². The van der Waals surface area contributed by atoms with E-state index in [4.69, 9.17) is 9.57 Å². The van der Waals surface area contributed by atoms with Crippen molar-refractivity contribution in [1.29, 1.82) is 0 Å². The van der Waals surface area contributed by atoms with Crippen molar-refractivity contribution >= 4 is 11.7 Å². The van der Waals surface area contributed by atoms with Gasteiger partial charge in [0.05, 0.1) is 5.71 Å². The van der Waals surface area contributed by atoms with Crippen molar-refractivity contribution in [1.82, 2.24) is 0 Å². The van der Waals surface area contributed by atoms with Crippen molar-refractivity contribution < 1.29 is 24.6 Å². The van der Waals surface area contributed by atoms with Crippen molar-refractivity contribution in [2.24, 2.45) is 5.16 Å². The van der Waals surface area contributed by atoms with Crippen molar-refractivity contribution in [2.75, 3.05) is 0 Å². The number of rotatable bonds is 4. The molecular weight excluding hydrogens is 454 g/mol. The first-order valence-electron chi connectivity index (χ1n) is 11.9. The smallest absolute Gasteiger partial charge is 0.342 e. The summed E-state index contributed by atoms with van der Waals surface area (Å²) < 4.78 is 5.88. The van der Waals surface area contributed by atoms with Crippen LogP contribution < -0.4 is 0 Å². The van der Waals surface area contributed by atoms with Gasteiger partial charge in [-0.2, -0.15) is 0 Å². The number of carbonyl (C=O) groups is 1. The first-order chi connectivity index (χ1) is 17.6. The van der Waals surface area contributed by atoms with E-state index in [2.05, 4.69) is 11.2 Å². The summed E-state index contributed by atoms with van der Waals surface area (Å²) in [7, 11) is 0. The van der Waals surface area contributed by atoms with E-state index in [0.29, 0.717) is 24.3 Å². The van der Waals surface area contributed by atoms with Crippen LogP contribution in [0.15, 0.2) is 102 Å². The highest BCUT2D eigenvalue weighted by Crippen LogP contribution is 2.32. The maximum atomic E-state index is 13.3. The Morgan fingerprint density at radius 2 is 1.64 bits per heavy atom. The monoisotopic (exact) mass is 483 g/mol. The van der Waals surface area contributed by atoms with E-state index in [9.17, 15) is 15.0 Å². The lowest BCUT2D eigenvalue weighted by atomic mass is 9.99. The van der Waals surface area contributed by atoms with Gasteiger partial charge in [-0.1, -0.05) is 84.0 Å². The quantitative estimate of drug-likeness (QED) is 0.254. The van der Waals surface area contributed by atoms with Crippen LogP contribution in [-0.4, -0.2) is 21.9 Å². The number of allylic oxidation sites excluding steroid dienone is 3. The molecule has 3 aromatic rings. The Bertz CT molecular complexity index is 1250. The molecule has 2 N–H and O–H groups in total. The standard InChI is InChI=1S/C30H29NO5/c32-26-19-24-18-25(31-35-21-22-12-6-4-7-13-22)16-10-2-1-3-11-17-28(23-14-8-5-9-15-23)36-30(34)29(24)27(33)20-26/h3-16,19-20,28,32-33H,1-2,17-18,21H2/t28-/m0/s1. The molecule has 0 radical (unpaired) electrons. The molecular formula is C30H29NO5. The van der Waals surface area contributed by atoms with Crippen LogP contribution in [0.4, 0.5) is 0 Å². The molecule has 0 unspecified atom stereocenters. The molecule has 1 aliphatic rings. The number of nitrogens with zero attached hydrogens (tertiary/aromatic N) is 1. The van der Waals surface area contributed by atoms with Crippen molar-refractivity contribution in [3.63, 3.8) is 0 Å². The topological polar surface area (TPSA) is 88.4 Å². The van der Waals surface area contributed by atoms with Crippen LogP contribution in [0.5, 0.6) is 11.5 Å². The summed E-state index contributed by atoms with van der Waals surface area (Å²) in [4.78, 5) is 18.9. The molecule has 0 aromatic heterocycles. The second kappa shape index (κ2) is 12.4. The lowest BCUT2D eigenvalue weighted by molar-refractivity contribution is 0.0299. The molecule has 0 saturated heterocycles. The average molecular weight is 484 g/mol. The summed E-state index contributed by atoms with van der Waals surface area (Å²) in [6.07, 6.45) is 9.66. The second-order valence-corrected chi connectivity index (χ2v) is 8.51. The number of cyclic esters (lactones) is 1. The molecule has 0 amide bonds. The fraction of sp³-hybridized carbons (Fsp3) is 0.200. The van der Waals surface area contributed by atoms with Crippen molar-refractivity contribution in [3.05, 3.63) is 119 Å². The fourth-order valence-corrected chi connectivity index (χ4v) is 3.98. The molecule has 184 valence electrons. The Morgan fingerprint density at radius 3 is 2.42 bits per heavy atom. The summed E-state index contributed by atoms with van der Waals surface area (Å²) in [6, 6.07) is 21.8. The molecule has 0 bridgehead atoms. The lowest BCUT2D eigenvalue weighted by Gasteiger charge is -2.19. The summed E-state index contributed by atoms with van der Waals surface area (Å²) in [5, 5.41) is 25.1. The molecule has 6 nitrogen and oxygen atoms in total. The Morgan fingerprint density at radius 1 is 0.917 bits per heavy atom. The Kier molecular flexibility index (Phi) is 8.54. The number of phenols is 2. The van der Waals surface area contributed by atoms with Gasteiger partial charge in [0.15, 0.2) is 0 Å².